The van der Waals surface area contributed by atoms with Crippen LogP contribution in [0.5, 0.6) is 0 Å². The Kier molecular flexibility index (Phi) is 6.34. The van der Waals surface area contributed by atoms with Crippen LogP contribution in [0.4, 0.5) is 0 Å². The first-order valence-corrected chi connectivity index (χ1v) is 9.82. The molecule has 3 aliphatic rings. The summed E-state index contributed by atoms with van der Waals surface area (Å²) in [6, 6.07) is 0.431. The molecule has 3 fully saturated rings. The van der Waals surface area contributed by atoms with Crippen molar-refractivity contribution in [3.8, 4) is 0 Å². The van der Waals surface area contributed by atoms with E-state index in [1.54, 1.807) is 7.11 Å². The Hall–Kier alpha value is -1.14. The fourth-order valence-electron chi connectivity index (χ4n) is 4.70. The van der Waals surface area contributed by atoms with Gasteiger partial charge in [-0.25, -0.2) is 0 Å². The summed E-state index contributed by atoms with van der Waals surface area (Å²) < 4.78 is 10.3. The Balaban J connectivity index is 1.56. The summed E-state index contributed by atoms with van der Waals surface area (Å²) in [5, 5.41) is 0. The van der Waals surface area contributed by atoms with Crippen LogP contribution in [0.1, 0.15) is 51.4 Å². The van der Waals surface area contributed by atoms with Crippen LogP contribution < -0.4 is 0 Å². The van der Waals surface area contributed by atoms with E-state index in [1.165, 1.54) is 19.3 Å². The molecule has 6 heteroatoms. The molecular formula is C19H32N2O4. The topological polar surface area (TPSA) is 59.1 Å². The van der Waals surface area contributed by atoms with E-state index in [9.17, 15) is 9.59 Å². The minimum Gasteiger partial charge on any atom is -0.382 e. The van der Waals surface area contributed by atoms with Gasteiger partial charge in [-0.15, -0.1) is 0 Å². The first kappa shape index (κ1) is 18.6. The summed E-state index contributed by atoms with van der Waals surface area (Å²) in [7, 11) is 1.61. The van der Waals surface area contributed by atoms with E-state index in [-0.39, 0.29) is 17.9 Å². The van der Waals surface area contributed by atoms with Crippen molar-refractivity contribution in [1.29, 1.82) is 0 Å². The summed E-state index contributed by atoms with van der Waals surface area (Å²) in [4.78, 5) is 29.6. The molecule has 2 amide bonds. The van der Waals surface area contributed by atoms with Crippen molar-refractivity contribution in [1.82, 2.24) is 9.80 Å². The maximum atomic E-state index is 13.3. The fraction of sp³-hybridized carbons (Fsp3) is 0.895. The number of piperidine rings is 1. The molecule has 2 heterocycles. The molecule has 0 radical (unpaired) electrons. The van der Waals surface area contributed by atoms with Gasteiger partial charge in [-0.1, -0.05) is 19.3 Å². The third-order valence-corrected chi connectivity index (χ3v) is 6.15. The van der Waals surface area contributed by atoms with Crippen LogP contribution in [-0.4, -0.2) is 74.2 Å². The van der Waals surface area contributed by atoms with Gasteiger partial charge in [0.1, 0.15) is 6.61 Å². The zero-order valence-corrected chi connectivity index (χ0v) is 15.5. The second-order valence-electron chi connectivity index (χ2n) is 7.78. The number of hydrogen-bond acceptors (Lipinski definition) is 4. The molecule has 0 unspecified atom stereocenters. The highest BCUT2D eigenvalue weighted by Gasteiger charge is 2.50. The number of likely N-dealkylation sites (tertiary alicyclic amines) is 2. The van der Waals surface area contributed by atoms with Crippen LogP contribution in [0.15, 0.2) is 0 Å². The van der Waals surface area contributed by atoms with Crippen molar-refractivity contribution in [3.05, 3.63) is 0 Å². The molecular weight excluding hydrogens is 320 g/mol. The second-order valence-corrected chi connectivity index (χ2v) is 7.78. The molecule has 1 saturated carbocycles. The van der Waals surface area contributed by atoms with E-state index in [0.717, 1.165) is 38.6 Å². The predicted octanol–water partition coefficient (Wildman–Crippen LogP) is 1.82. The van der Waals surface area contributed by atoms with Crippen LogP contribution >= 0.6 is 0 Å². The average Bonchev–Trinajstić information content (AvgIpc) is 3.07. The predicted molar refractivity (Wildman–Crippen MR) is 94.1 cm³/mol. The Morgan fingerprint density at radius 2 is 1.92 bits per heavy atom. The maximum absolute atomic E-state index is 13.3. The van der Waals surface area contributed by atoms with Gasteiger partial charge in [0.25, 0.3) is 0 Å². The molecule has 2 aliphatic heterocycles. The third-order valence-electron chi connectivity index (χ3n) is 6.15. The van der Waals surface area contributed by atoms with E-state index in [4.69, 9.17) is 9.47 Å². The normalized spacial score (nSPS) is 28.1. The number of methoxy groups -OCH3 is 1. The molecule has 3 rings (SSSR count). The summed E-state index contributed by atoms with van der Waals surface area (Å²) in [6.45, 7) is 3.15. The van der Waals surface area contributed by atoms with Crippen LogP contribution in [0.3, 0.4) is 0 Å². The van der Waals surface area contributed by atoms with Gasteiger partial charge in [0.15, 0.2) is 0 Å². The third kappa shape index (κ3) is 4.17. The molecule has 0 bridgehead atoms. The number of rotatable bonds is 6. The average molecular weight is 352 g/mol. The molecule has 1 aliphatic carbocycles. The number of carbonyl (C=O) groups excluding carboxylic acids is 2. The zero-order valence-electron chi connectivity index (χ0n) is 15.5. The van der Waals surface area contributed by atoms with Gasteiger partial charge in [0.2, 0.25) is 11.8 Å². The molecule has 1 spiro atoms. The summed E-state index contributed by atoms with van der Waals surface area (Å²) >= 11 is 0. The molecule has 0 N–H and O–H groups in total. The number of nitrogens with zero attached hydrogens (tertiary/aromatic N) is 2. The van der Waals surface area contributed by atoms with Gasteiger partial charge in [-0.2, -0.15) is 0 Å². The molecule has 0 aromatic carbocycles. The minimum atomic E-state index is -0.335. The lowest BCUT2D eigenvalue weighted by atomic mass is 9.77. The Bertz CT molecular complexity index is 478. The van der Waals surface area contributed by atoms with Crippen molar-refractivity contribution < 1.29 is 19.1 Å². The van der Waals surface area contributed by atoms with Crippen molar-refractivity contribution in [2.75, 3.05) is 46.6 Å². The number of amides is 2. The largest absolute Gasteiger partial charge is 0.382 e. The fourth-order valence-corrected chi connectivity index (χ4v) is 4.70. The Labute approximate surface area is 150 Å². The highest BCUT2D eigenvalue weighted by Crippen LogP contribution is 2.42. The van der Waals surface area contributed by atoms with Crippen molar-refractivity contribution >= 4 is 11.8 Å². The Morgan fingerprint density at radius 1 is 1.12 bits per heavy atom. The molecule has 142 valence electrons. The standard InChI is InChI=1S/C19H32N2O4/c1-24-12-13-25-14-17(22)20-11-9-19(15-20)8-5-10-21(18(19)23)16-6-3-2-4-7-16/h16H,2-15H2,1H3/t19-/m1/s1. The molecule has 6 nitrogen and oxygen atoms in total. The molecule has 1 atom stereocenters. The number of hydrogen-bond donors (Lipinski definition) is 0. The van der Waals surface area contributed by atoms with Crippen molar-refractivity contribution in [2.24, 2.45) is 5.41 Å². The summed E-state index contributed by atoms with van der Waals surface area (Å²) in [5.41, 5.74) is -0.335. The van der Waals surface area contributed by atoms with Crippen molar-refractivity contribution in [2.45, 2.75) is 57.4 Å². The van der Waals surface area contributed by atoms with E-state index in [2.05, 4.69) is 4.90 Å². The van der Waals surface area contributed by atoms with Gasteiger partial charge in [0, 0.05) is 32.8 Å². The SMILES string of the molecule is COCCOCC(=O)N1CC[C@]2(CCCN(C3CCCCC3)C2=O)C1. The maximum Gasteiger partial charge on any atom is 0.248 e. The first-order chi connectivity index (χ1) is 12.2. The van der Waals surface area contributed by atoms with Gasteiger partial charge in [-0.3, -0.25) is 9.59 Å². The highest BCUT2D eigenvalue weighted by atomic mass is 16.5. The van der Waals surface area contributed by atoms with Gasteiger partial charge in [0.05, 0.1) is 18.6 Å². The van der Waals surface area contributed by atoms with Gasteiger partial charge in [-0.05, 0) is 32.1 Å². The molecule has 25 heavy (non-hydrogen) atoms. The monoisotopic (exact) mass is 352 g/mol. The van der Waals surface area contributed by atoms with E-state index >= 15 is 0 Å². The Morgan fingerprint density at radius 3 is 2.68 bits per heavy atom. The lowest BCUT2D eigenvalue weighted by Crippen LogP contribution is -2.54. The van der Waals surface area contributed by atoms with Gasteiger partial charge >= 0.3 is 0 Å². The number of ether oxygens (including phenoxy) is 2. The molecule has 2 saturated heterocycles. The quantitative estimate of drug-likeness (QED) is 0.684. The first-order valence-electron chi connectivity index (χ1n) is 9.82. The van der Waals surface area contributed by atoms with Crippen LogP contribution in [0, 0.1) is 5.41 Å². The van der Waals surface area contributed by atoms with E-state index in [1.807, 2.05) is 4.90 Å². The second kappa shape index (κ2) is 8.49. The smallest absolute Gasteiger partial charge is 0.248 e. The molecule has 0 aromatic rings. The summed E-state index contributed by atoms with van der Waals surface area (Å²) in [5.74, 6) is 0.303. The highest BCUT2D eigenvalue weighted by molar-refractivity contribution is 5.86. The number of carbonyl (C=O) groups is 2. The van der Waals surface area contributed by atoms with Crippen molar-refractivity contribution in [3.63, 3.8) is 0 Å². The summed E-state index contributed by atoms with van der Waals surface area (Å²) in [6.07, 6.45) is 8.87. The van der Waals surface area contributed by atoms with E-state index in [0.29, 0.717) is 38.3 Å². The van der Waals surface area contributed by atoms with Crippen LogP contribution in [-0.2, 0) is 19.1 Å². The van der Waals surface area contributed by atoms with Crippen LogP contribution in [0.25, 0.3) is 0 Å². The lowest BCUT2D eigenvalue weighted by molar-refractivity contribution is -0.150. The minimum absolute atomic E-state index is 0.00410. The van der Waals surface area contributed by atoms with Crippen LogP contribution in [0.2, 0.25) is 0 Å². The lowest BCUT2D eigenvalue weighted by Gasteiger charge is -2.44. The van der Waals surface area contributed by atoms with E-state index < -0.39 is 0 Å². The van der Waals surface area contributed by atoms with Gasteiger partial charge < -0.3 is 19.3 Å². The molecule has 0 aromatic heterocycles. The zero-order chi connectivity index (χ0) is 17.7.